The maximum absolute atomic E-state index is 5.38. The number of ether oxygens (including phenoxy) is 2. The summed E-state index contributed by atoms with van der Waals surface area (Å²) < 4.78 is 11.8. The van der Waals surface area contributed by atoms with Gasteiger partial charge in [0.2, 0.25) is 0 Å². The van der Waals surface area contributed by atoms with E-state index in [0.717, 1.165) is 22.4 Å². The minimum absolute atomic E-state index is 0.212. The van der Waals surface area contributed by atoms with Crippen molar-refractivity contribution in [3.63, 3.8) is 0 Å². The highest BCUT2D eigenvalue weighted by atomic mass is 79.9. The van der Waals surface area contributed by atoms with Crippen LogP contribution >= 0.6 is 15.9 Å². The van der Waals surface area contributed by atoms with Crippen molar-refractivity contribution < 1.29 is 9.47 Å². The van der Waals surface area contributed by atoms with E-state index in [1.165, 1.54) is 11.1 Å². The van der Waals surface area contributed by atoms with Gasteiger partial charge < -0.3 is 14.8 Å². The average Bonchev–Trinajstić information content (AvgIpc) is 2.53. The third-order valence-corrected chi connectivity index (χ3v) is 4.31. The lowest BCUT2D eigenvalue weighted by molar-refractivity contribution is 0.354. The van der Waals surface area contributed by atoms with E-state index in [1.54, 1.807) is 14.2 Å². The first-order valence-corrected chi connectivity index (χ1v) is 7.61. The third kappa shape index (κ3) is 3.77. The lowest BCUT2D eigenvalue weighted by atomic mass is 9.98. The zero-order valence-electron chi connectivity index (χ0n) is 12.5. The summed E-state index contributed by atoms with van der Waals surface area (Å²) in [5.41, 5.74) is 2.44. The van der Waals surface area contributed by atoms with Gasteiger partial charge in [0.15, 0.2) is 11.5 Å². The van der Waals surface area contributed by atoms with Gasteiger partial charge in [0, 0.05) is 10.5 Å². The van der Waals surface area contributed by atoms with E-state index in [4.69, 9.17) is 9.47 Å². The van der Waals surface area contributed by atoms with Gasteiger partial charge in [-0.15, -0.1) is 0 Å². The van der Waals surface area contributed by atoms with E-state index < -0.39 is 0 Å². The van der Waals surface area contributed by atoms with Crippen molar-refractivity contribution in [2.45, 2.75) is 12.5 Å². The highest BCUT2D eigenvalue weighted by Gasteiger charge is 2.14. The van der Waals surface area contributed by atoms with Gasteiger partial charge in [-0.3, -0.25) is 0 Å². The summed E-state index contributed by atoms with van der Waals surface area (Å²) in [6.07, 6.45) is 0.896. The van der Waals surface area contributed by atoms with Crippen molar-refractivity contribution in [1.82, 2.24) is 5.32 Å². The van der Waals surface area contributed by atoms with Gasteiger partial charge in [0.05, 0.1) is 14.2 Å². The van der Waals surface area contributed by atoms with E-state index in [-0.39, 0.29) is 6.04 Å². The molecule has 1 atom stereocenters. The number of hydrogen-bond acceptors (Lipinski definition) is 3. The summed E-state index contributed by atoms with van der Waals surface area (Å²) in [4.78, 5) is 0. The minimum atomic E-state index is 0.212. The molecule has 21 heavy (non-hydrogen) atoms. The maximum Gasteiger partial charge on any atom is 0.161 e. The summed E-state index contributed by atoms with van der Waals surface area (Å²) >= 11 is 3.60. The first kappa shape index (κ1) is 15.9. The molecule has 1 unspecified atom stereocenters. The Morgan fingerprint density at radius 2 is 1.76 bits per heavy atom. The van der Waals surface area contributed by atoms with E-state index in [1.807, 2.05) is 25.2 Å². The molecule has 0 spiro atoms. The monoisotopic (exact) mass is 349 g/mol. The van der Waals surface area contributed by atoms with Crippen molar-refractivity contribution >= 4 is 15.9 Å². The Labute approximate surface area is 134 Å². The number of benzene rings is 2. The number of rotatable bonds is 6. The summed E-state index contributed by atoms with van der Waals surface area (Å²) in [6, 6.07) is 14.5. The summed E-state index contributed by atoms with van der Waals surface area (Å²) in [7, 11) is 5.27. The molecule has 0 bridgehead atoms. The molecule has 0 aliphatic rings. The molecular weight excluding hydrogens is 330 g/mol. The number of likely N-dealkylation sites (N-methyl/N-ethyl adjacent to an activating group) is 1. The SMILES string of the molecule is CNC(Cc1ccccc1Br)c1ccc(OC)c(OC)c1. The van der Waals surface area contributed by atoms with Crippen LogP contribution in [0.4, 0.5) is 0 Å². The normalized spacial score (nSPS) is 12.0. The number of hydrogen-bond donors (Lipinski definition) is 1. The van der Waals surface area contributed by atoms with Crippen LogP contribution in [0.3, 0.4) is 0 Å². The van der Waals surface area contributed by atoms with E-state index in [2.05, 4.69) is 45.5 Å². The molecule has 0 saturated carbocycles. The average molecular weight is 350 g/mol. The first-order chi connectivity index (χ1) is 10.2. The molecule has 0 fully saturated rings. The topological polar surface area (TPSA) is 30.5 Å². The van der Waals surface area contributed by atoms with Gasteiger partial charge in [-0.1, -0.05) is 40.2 Å². The van der Waals surface area contributed by atoms with Crippen molar-refractivity contribution in [2.24, 2.45) is 0 Å². The first-order valence-electron chi connectivity index (χ1n) is 6.82. The van der Waals surface area contributed by atoms with Crippen molar-refractivity contribution in [3.05, 3.63) is 58.1 Å². The van der Waals surface area contributed by atoms with Gasteiger partial charge in [-0.05, 0) is 42.8 Å². The maximum atomic E-state index is 5.38. The molecule has 0 amide bonds. The molecule has 2 aromatic carbocycles. The lowest BCUT2D eigenvalue weighted by Crippen LogP contribution is -2.19. The van der Waals surface area contributed by atoms with Crippen LogP contribution in [-0.2, 0) is 6.42 Å². The largest absolute Gasteiger partial charge is 0.493 e. The predicted octanol–water partition coefficient (Wildman–Crippen LogP) is 3.97. The fraction of sp³-hybridized carbons (Fsp3) is 0.294. The Balaban J connectivity index is 2.27. The van der Waals surface area contributed by atoms with Crippen LogP contribution in [0.15, 0.2) is 46.9 Å². The van der Waals surface area contributed by atoms with E-state index in [0.29, 0.717) is 0 Å². The van der Waals surface area contributed by atoms with Crippen molar-refractivity contribution in [3.8, 4) is 11.5 Å². The van der Waals surface area contributed by atoms with Gasteiger partial charge in [0.1, 0.15) is 0 Å². The molecule has 0 heterocycles. The summed E-state index contributed by atoms with van der Waals surface area (Å²) in [5, 5.41) is 3.37. The second-order valence-corrected chi connectivity index (χ2v) is 5.61. The molecule has 0 saturated heterocycles. The molecule has 4 heteroatoms. The Hall–Kier alpha value is -1.52. The summed E-state index contributed by atoms with van der Waals surface area (Å²) in [5.74, 6) is 1.50. The van der Waals surface area contributed by atoms with Gasteiger partial charge >= 0.3 is 0 Å². The van der Waals surface area contributed by atoms with Crippen LogP contribution < -0.4 is 14.8 Å². The van der Waals surface area contributed by atoms with Crippen LogP contribution in [0.1, 0.15) is 17.2 Å². The molecule has 0 radical (unpaired) electrons. The van der Waals surface area contributed by atoms with Crippen LogP contribution in [0.2, 0.25) is 0 Å². The smallest absolute Gasteiger partial charge is 0.161 e. The van der Waals surface area contributed by atoms with Crippen molar-refractivity contribution in [1.29, 1.82) is 0 Å². The quantitative estimate of drug-likeness (QED) is 0.855. The lowest BCUT2D eigenvalue weighted by Gasteiger charge is -2.19. The molecule has 1 N–H and O–H groups in total. The Kier molecular flexibility index (Phi) is 5.65. The van der Waals surface area contributed by atoms with Crippen LogP contribution in [-0.4, -0.2) is 21.3 Å². The molecule has 0 aliphatic carbocycles. The fourth-order valence-electron chi connectivity index (χ4n) is 2.34. The number of methoxy groups -OCH3 is 2. The molecule has 3 nitrogen and oxygen atoms in total. The van der Waals surface area contributed by atoms with Gasteiger partial charge in [-0.25, -0.2) is 0 Å². The molecule has 0 aromatic heterocycles. The van der Waals surface area contributed by atoms with Crippen LogP contribution in [0.5, 0.6) is 11.5 Å². The van der Waals surface area contributed by atoms with E-state index >= 15 is 0 Å². The van der Waals surface area contributed by atoms with Gasteiger partial charge in [0.25, 0.3) is 0 Å². The molecule has 112 valence electrons. The van der Waals surface area contributed by atoms with Crippen LogP contribution in [0.25, 0.3) is 0 Å². The second kappa shape index (κ2) is 7.48. The summed E-state index contributed by atoms with van der Waals surface area (Å²) in [6.45, 7) is 0. The molecule has 2 aromatic rings. The second-order valence-electron chi connectivity index (χ2n) is 4.75. The van der Waals surface area contributed by atoms with Gasteiger partial charge in [-0.2, -0.15) is 0 Å². The molecular formula is C17H20BrNO2. The Bertz CT molecular complexity index is 601. The molecule has 0 aliphatic heterocycles. The zero-order valence-corrected chi connectivity index (χ0v) is 14.1. The van der Waals surface area contributed by atoms with Crippen molar-refractivity contribution in [2.75, 3.05) is 21.3 Å². The zero-order chi connectivity index (χ0) is 15.2. The number of halogens is 1. The fourth-order valence-corrected chi connectivity index (χ4v) is 2.79. The molecule has 2 rings (SSSR count). The van der Waals surface area contributed by atoms with E-state index in [9.17, 15) is 0 Å². The highest BCUT2D eigenvalue weighted by molar-refractivity contribution is 9.10. The predicted molar refractivity (Wildman–Crippen MR) is 89.2 cm³/mol. The standard InChI is InChI=1S/C17H20BrNO2/c1-19-15(10-12-6-4-5-7-14(12)18)13-8-9-16(20-2)17(11-13)21-3/h4-9,11,15,19H,10H2,1-3H3. The van der Waals surface area contributed by atoms with Crippen LogP contribution in [0, 0.1) is 0 Å². The highest BCUT2D eigenvalue weighted by Crippen LogP contribution is 2.31. The Morgan fingerprint density at radius 1 is 1.05 bits per heavy atom. The number of nitrogens with one attached hydrogen (secondary N) is 1. The third-order valence-electron chi connectivity index (χ3n) is 3.54. The Morgan fingerprint density at radius 3 is 2.38 bits per heavy atom. The minimum Gasteiger partial charge on any atom is -0.493 e.